The van der Waals surface area contributed by atoms with E-state index in [0.29, 0.717) is 5.92 Å². The number of carbonyl (C=O) groups excluding carboxylic acids is 1. The van der Waals surface area contributed by atoms with Gasteiger partial charge in [-0.25, -0.2) is 0 Å². The lowest BCUT2D eigenvalue weighted by molar-refractivity contribution is -0.125. The summed E-state index contributed by atoms with van der Waals surface area (Å²) in [5, 5.41) is 0. The molecule has 0 spiro atoms. The second kappa shape index (κ2) is 4.16. The van der Waals surface area contributed by atoms with Gasteiger partial charge in [0.1, 0.15) is 0 Å². The summed E-state index contributed by atoms with van der Waals surface area (Å²) in [5.74, 6) is 0.585. The van der Waals surface area contributed by atoms with E-state index in [1.54, 1.807) is 18.9 Å². The molecule has 0 aliphatic carbocycles. The van der Waals surface area contributed by atoms with Crippen molar-refractivity contribution in [3.8, 4) is 0 Å². The van der Waals surface area contributed by atoms with E-state index in [2.05, 4.69) is 13.8 Å². The molecule has 0 aliphatic rings. The molecule has 1 amide bonds. The van der Waals surface area contributed by atoms with Gasteiger partial charge < -0.3 is 4.90 Å². The molecule has 0 aliphatic heterocycles. The number of amides is 1. The molecule has 64 valence electrons. The number of allylic oxidation sites excluding steroid dienone is 1. The van der Waals surface area contributed by atoms with Crippen LogP contribution in [0.15, 0.2) is 11.8 Å². The van der Waals surface area contributed by atoms with E-state index in [1.807, 2.05) is 13.1 Å². The third-order valence-corrected chi connectivity index (χ3v) is 1.80. The van der Waals surface area contributed by atoms with Crippen molar-refractivity contribution in [2.24, 2.45) is 5.92 Å². The molecular weight excluding hydrogens is 138 g/mol. The van der Waals surface area contributed by atoms with Crippen molar-refractivity contribution in [3.63, 3.8) is 0 Å². The molecule has 0 N–H and O–H groups in total. The van der Waals surface area contributed by atoms with Crippen LogP contribution >= 0.6 is 0 Å². The first kappa shape index (κ1) is 10.2. The molecule has 0 radical (unpaired) electrons. The molecule has 0 aromatic carbocycles. The zero-order valence-electron chi connectivity index (χ0n) is 8.01. The lowest BCUT2D eigenvalue weighted by atomic mass is 10.1. The molecule has 11 heavy (non-hydrogen) atoms. The van der Waals surface area contributed by atoms with Crippen LogP contribution in [0, 0.1) is 5.92 Å². The fourth-order valence-corrected chi connectivity index (χ4v) is 0.545. The van der Waals surface area contributed by atoms with Gasteiger partial charge in [-0.1, -0.05) is 19.4 Å². The van der Waals surface area contributed by atoms with Crippen LogP contribution in [0.25, 0.3) is 0 Å². The van der Waals surface area contributed by atoms with Crippen molar-refractivity contribution >= 4 is 5.91 Å². The Morgan fingerprint density at radius 3 is 2.09 bits per heavy atom. The minimum atomic E-state index is 0.0741. The van der Waals surface area contributed by atoms with Gasteiger partial charge in [-0.3, -0.25) is 4.79 Å². The zero-order valence-corrected chi connectivity index (χ0v) is 8.01. The van der Waals surface area contributed by atoms with Gasteiger partial charge >= 0.3 is 0 Å². The minimum absolute atomic E-state index is 0.0741. The molecule has 0 heterocycles. The Balaban J connectivity index is 4.19. The molecule has 0 aromatic heterocycles. The summed E-state index contributed by atoms with van der Waals surface area (Å²) in [5.41, 5.74) is 1.22. The maximum absolute atomic E-state index is 10.8. The smallest absolute Gasteiger partial charge is 0.223 e. The Morgan fingerprint density at radius 2 is 1.82 bits per heavy atom. The van der Waals surface area contributed by atoms with E-state index in [1.165, 1.54) is 5.57 Å². The summed E-state index contributed by atoms with van der Waals surface area (Å²) in [4.78, 5) is 12.4. The second-order valence-corrected chi connectivity index (χ2v) is 3.16. The number of hydrogen-bond donors (Lipinski definition) is 0. The van der Waals surface area contributed by atoms with Crippen molar-refractivity contribution in [1.82, 2.24) is 4.90 Å². The first-order valence-corrected chi connectivity index (χ1v) is 3.87. The van der Waals surface area contributed by atoms with E-state index in [-0.39, 0.29) is 5.91 Å². The zero-order chi connectivity index (χ0) is 9.02. The summed E-state index contributed by atoms with van der Waals surface area (Å²) < 4.78 is 0. The van der Waals surface area contributed by atoms with Crippen molar-refractivity contribution in [2.45, 2.75) is 27.7 Å². The Bertz CT molecular complexity index is 170. The molecule has 2 nitrogen and oxygen atoms in total. The van der Waals surface area contributed by atoms with E-state index in [4.69, 9.17) is 0 Å². The molecule has 0 rings (SSSR count). The van der Waals surface area contributed by atoms with Gasteiger partial charge in [0.25, 0.3) is 0 Å². The number of hydrogen-bond acceptors (Lipinski definition) is 1. The van der Waals surface area contributed by atoms with Crippen molar-refractivity contribution in [2.75, 3.05) is 7.05 Å². The Kier molecular flexibility index (Phi) is 3.86. The molecule has 0 bridgehead atoms. The number of carbonyl (C=O) groups is 1. The highest BCUT2D eigenvalue weighted by molar-refractivity contribution is 5.74. The Morgan fingerprint density at radius 1 is 1.36 bits per heavy atom. The van der Waals surface area contributed by atoms with Crippen molar-refractivity contribution in [3.05, 3.63) is 11.8 Å². The summed E-state index contributed by atoms with van der Waals surface area (Å²) >= 11 is 0. The lowest BCUT2D eigenvalue weighted by Crippen LogP contribution is -2.17. The molecule has 0 atom stereocenters. The third kappa shape index (κ3) is 3.81. The second-order valence-electron chi connectivity index (χ2n) is 3.16. The van der Waals surface area contributed by atoms with Gasteiger partial charge in [0.15, 0.2) is 0 Å². The summed E-state index contributed by atoms with van der Waals surface area (Å²) in [7, 11) is 1.77. The predicted molar refractivity (Wildman–Crippen MR) is 47.0 cm³/mol. The van der Waals surface area contributed by atoms with Crippen molar-refractivity contribution in [1.29, 1.82) is 0 Å². The Labute approximate surface area is 68.9 Å². The highest BCUT2D eigenvalue weighted by atomic mass is 16.2. The SMILES string of the molecule is CC(=O)N(C)/C=C(\C)C(C)C. The summed E-state index contributed by atoms with van der Waals surface area (Å²) in [6, 6.07) is 0. The maximum Gasteiger partial charge on any atom is 0.223 e. The summed E-state index contributed by atoms with van der Waals surface area (Å²) in [6.07, 6.45) is 1.88. The standard InChI is InChI=1S/C9H17NO/c1-7(2)8(3)6-10(5)9(4)11/h6-7H,1-5H3/b8-6+. The van der Waals surface area contributed by atoms with Gasteiger partial charge in [-0.05, 0) is 12.8 Å². The molecule has 0 saturated heterocycles. The predicted octanol–water partition coefficient (Wildman–Crippen LogP) is 2.02. The fourth-order valence-electron chi connectivity index (χ4n) is 0.545. The quantitative estimate of drug-likeness (QED) is 0.597. The van der Waals surface area contributed by atoms with Crippen LogP contribution in [0.1, 0.15) is 27.7 Å². The average molecular weight is 155 g/mol. The summed E-state index contributed by atoms with van der Waals surface area (Å²) in [6.45, 7) is 7.81. The van der Waals surface area contributed by atoms with Gasteiger partial charge in [0.05, 0.1) is 0 Å². The van der Waals surface area contributed by atoms with Gasteiger partial charge in [0, 0.05) is 20.2 Å². The van der Waals surface area contributed by atoms with Crippen LogP contribution in [0.3, 0.4) is 0 Å². The van der Waals surface area contributed by atoms with Crippen LogP contribution in [-0.4, -0.2) is 17.9 Å². The van der Waals surface area contributed by atoms with Crippen LogP contribution in [0.4, 0.5) is 0 Å². The molecule has 0 saturated carbocycles. The third-order valence-electron chi connectivity index (χ3n) is 1.80. The van der Waals surface area contributed by atoms with E-state index < -0.39 is 0 Å². The molecule has 0 aromatic rings. The molecule has 0 unspecified atom stereocenters. The van der Waals surface area contributed by atoms with Gasteiger partial charge in [-0.2, -0.15) is 0 Å². The highest BCUT2D eigenvalue weighted by Gasteiger charge is 2.00. The topological polar surface area (TPSA) is 20.3 Å². The van der Waals surface area contributed by atoms with Gasteiger partial charge in [0.2, 0.25) is 5.91 Å². The Hall–Kier alpha value is -0.790. The number of rotatable bonds is 2. The fraction of sp³-hybridized carbons (Fsp3) is 0.667. The maximum atomic E-state index is 10.8. The highest BCUT2D eigenvalue weighted by Crippen LogP contribution is 2.08. The monoisotopic (exact) mass is 155 g/mol. The minimum Gasteiger partial charge on any atom is -0.322 e. The molecule has 2 heteroatoms. The normalized spacial score (nSPS) is 12.0. The first-order valence-electron chi connectivity index (χ1n) is 3.87. The molecule has 0 fully saturated rings. The largest absolute Gasteiger partial charge is 0.322 e. The first-order chi connectivity index (χ1) is 4.95. The van der Waals surface area contributed by atoms with Crippen LogP contribution in [0.2, 0.25) is 0 Å². The van der Waals surface area contributed by atoms with Crippen LogP contribution < -0.4 is 0 Å². The van der Waals surface area contributed by atoms with Crippen LogP contribution in [0.5, 0.6) is 0 Å². The van der Waals surface area contributed by atoms with Gasteiger partial charge in [-0.15, -0.1) is 0 Å². The average Bonchev–Trinajstić information content (AvgIpc) is 1.87. The van der Waals surface area contributed by atoms with E-state index >= 15 is 0 Å². The van der Waals surface area contributed by atoms with Crippen LogP contribution in [-0.2, 0) is 4.79 Å². The van der Waals surface area contributed by atoms with Crippen molar-refractivity contribution < 1.29 is 4.79 Å². The van der Waals surface area contributed by atoms with E-state index in [9.17, 15) is 4.79 Å². The molecular formula is C9H17NO. The van der Waals surface area contributed by atoms with E-state index in [0.717, 1.165) is 0 Å². The number of nitrogens with zero attached hydrogens (tertiary/aromatic N) is 1. The lowest BCUT2D eigenvalue weighted by Gasteiger charge is -2.12.